The Hall–Kier alpha value is -2.81. The smallest absolute Gasteiger partial charge is 0.341 e. The fourth-order valence-electron chi connectivity index (χ4n) is 3.94. The van der Waals surface area contributed by atoms with Crippen molar-refractivity contribution in [3.8, 4) is 0 Å². The van der Waals surface area contributed by atoms with E-state index in [1.165, 1.54) is 18.3 Å². The lowest BCUT2D eigenvalue weighted by molar-refractivity contribution is -0.137. The molecular formula is C22H21F3N2O3S. The molecule has 9 heteroatoms. The first-order valence-electron chi connectivity index (χ1n) is 9.90. The number of hydrogen-bond acceptors (Lipinski definition) is 3. The Morgan fingerprint density at radius 3 is 2.42 bits per heavy atom. The van der Waals surface area contributed by atoms with Gasteiger partial charge in [-0.15, -0.1) is 0 Å². The third kappa shape index (κ3) is 4.46. The van der Waals surface area contributed by atoms with Crippen LogP contribution in [0.15, 0.2) is 59.6 Å². The summed E-state index contributed by atoms with van der Waals surface area (Å²) in [5.41, 5.74) is -0.240. The van der Waals surface area contributed by atoms with E-state index in [0.29, 0.717) is 24.0 Å². The first kappa shape index (κ1) is 21.4. The predicted molar refractivity (Wildman–Crippen MR) is 110 cm³/mol. The number of rotatable bonds is 5. The fourth-order valence-corrected chi connectivity index (χ4v) is 5.51. The van der Waals surface area contributed by atoms with Crippen LogP contribution >= 0.6 is 0 Å². The van der Waals surface area contributed by atoms with E-state index in [2.05, 4.69) is 0 Å². The van der Waals surface area contributed by atoms with E-state index in [0.717, 1.165) is 25.0 Å². The molecule has 31 heavy (non-hydrogen) atoms. The highest BCUT2D eigenvalue weighted by Crippen LogP contribution is 2.32. The van der Waals surface area contributed by atoms with Gasteiger partial charge in [-0.25, -0.2) is 8.42 Å². The molecule has 0 atom stereocenters. The summed E-state index contributed by atoms with van der Waals surface area (Å²) < 4.78 is 66.9. The highest BCUT2D eigenvalue weighted by molar-refractivity contribution is 7.90. The molecule has 5 nitrogen and oxygen atoms in total. The molecule has 4 rings (SSSR count). The van der Waals surface area contributed by atoms with Crippen molar-refractivity contribution < 1.29 is 26.4 Å². The monoisotopic (exact) mass is 450 g/mol. The van der Waals surface area contributed by atoms with Crippen LogP contribution in [0.25, 0.3) is 10.9 Å². The maximum Gasteiger partial charge on any atom is 0.416 e. The molecule has 0 saturated carbocycles. The van der Waals surface area contributed by atoms with Crippen LogP contribution in [0.2, 0.25) is 0 Å². The normalized spacial score (nSPS) is 15.0. The van der Waals surface area contributed by atoms with Crippen LogP contribution in [0.3, 0.4) is 0 Å². The van der Waals surface area contributed by atoms with Crippen molar-refractivity contribution in [2.45, 2.75) is 36.2 Å². The molecule has 1 fully saturated rings. The summed E-state index contributed by atoms with van der Waals surface area (Å²) in [6.45, 7) is 1.40. The number of fused-ring (bicyclic) bond motifs is 1. The van der Waals surface area contributed by atoms with E-state index in [9.17, 15) is 26.4 Å². The first-order chi connectivity index (χ1) is 14.6. The zero-order valence-corrected chi connectivity index (χ0v) is 17.4. The fraction of sp³-hybridized carbons (Fsp3) is 0.318. The predicted octanol–water partition coefficient (Wildman–Crippen LogP) is 4.26. The van der Waals surface area contributed by atoms with Crippen LogP contribution in [-0.2, 0) is 33.1 Å². The minimum absolute atomic E-state index is 0.00901. The SMILES string of the molecule is O=C(Cn1cc(S(=O)(=O)Cc2cccc(C(F)(F)F)c2)c2ccccc21)N1CCCC1. The van der Waals surface area contributed by atoms with Crippen LogP contribution < -0.4 is 0 Å². The molecule has 0 bridgehead atoms. The average molecular weight is 450 g/mol. The zero-order chi connectivity index (χ0) is 22.2. The maximum atomic E-state index is 13.1. The number of nitrogens with zero attached hydrogens (tertiary/aromatic N) is 2. The molecule has 3 aromatic rings. The Morgan fingerprint density at radius 1 is 1.00 bits per heavy atom. The summed E-state index contributed by atoms with van der Waals surface area (Å²) in [5, 5.41) is 0.448. The van der Waals surface area contributed by atoms with Gasteiger partial charge in [0.05, 0.1) is 16.2 Å². The van der Waals surface area contributed by atoms with Crippen molar-refractivity contribution >= 4 is 26.6 Å². The van der Waals surface area contributed by atoms with Gasteiger partial charge < -0.3 is 9.47 Å². The molecule has 0 unspecified atom stereocenters. The lowest BCUT2D eigenvalue weighted by atomic mass is 10.1. The second-order valence-corrected chi connectivity index (χ2v) is 9.64. The molecule has 164 valence electrons. The summed E-state index contributed by atoms with van der Waals surface area (Å²) in [5.74, 6) is -0.648. The number of aromatic nitrogens is 1. The van der Waals surface area contributed by atoms with Crippen LogP contribution in [0.4, 0.5) is 13.2 Å². The topological polar surface area (TPSA) is 59.4 Å². The molecular weight excluding hydrogens is 429 g/mol. The van der Waals surface area contributed by atoms with Gasteiger partial charge in [-0.1, -0.05) is 36.4 Å². The van der Waals surface area contributed by atoms with Gasteiger partial charge in [0, 0.05) is 30.2 Å². The average Bonchev–Trinajstić information content (AvgIpc) is 3.36. The number of amides is 1. The zero-order valence-electron chi connectivity index (χ0n) is 16.6. The molecule has 1 saturated heterocycles. The number of para-hydroxylation sites is 1. The number of carbonyl (C=O) groups excluding carboxylic acids is 1. The molecule has 1 aromatic heterocycles. The van der Waals surface area contributed by atoms with Crippen LogP contribution in [0.1, 0.15) is 24.0 Å². The third-order valence-electron chi connectivity index (χ3n) is 5.46. The second-order valence-electron chi connectivity index (χ2n) is 7.68. The lowest BCUT2D eigenvalue weighted by Gasteiger charge is -2.15. The van der Waals surface area contributed by atoms with Crippen LogP contribution in [0.5, 0.6) is 0 Å². The van der Waals surface area contributed by atoms with Gasteiger partial charge in [0.25, 0.3) is 0 Å². The van der Waals surface area contributed by atoms with E-state index in [1.807, 2.05) is 0 Å². The minimum Gasteiger partial charge on any atom is -0.341 e. The molecule has 0 N–H and O–H groups in total. The molecule has 1 amide bonds. The number of halogens is 3. The summed E-state index contributed by atoms with van der Waals surface area (Å²) in [6.07, 6.45) is -1.23. The van der Waals surface area contributed by atoms with Crippen molar-refractivity contribution in [3.63, 3.8) is 0 Å². The molecule has 0 aliphatic carbocycles. The van der Waals surface area contributed by atoms with Gasteiger partial charge in [-0.2, -0.15) is 13.2 Å². The van der Waals surface area contributed by atoms with Crippen molar-refractivity contribution in [1.82, 2.24) is 9.47 Å². The number of sulfone groups is 1. The summed E-state index contributed by atoms with van der Waals surface area (Å²) in [4.78, 5) is 14.4. The molecule has 0 spiro atoms. The lowest BCUT2D eigenvalue weighted by Crippen LogP contribution is -2.30. The van der Waals surface area contributed by atoms with Gasteiger partial charge in [-0.3, -0.25) is 4.79 Å². The van der Waals surface area contributed by atoms with Crippen molar-refractivity contribution in [2.75, 3.05) is 13.1 Å². The second kappa shape index (κ2) is 8.03. The van der Waals surface area contributed by atoms with E-state index >= 15 is 0 Å². The Labute approximate surface area is 178 Å². The summed E-state index contributed by atoms with van der Waals surface area (Å²) >= 11 is 0. The van der Waals surface area contributed by atoms with Gasteiger partial charge >= 0.3 is 6.18 Å². The van der Waals surface area contributed by atoms with Crippen molar-refractivity contribution in [1.29, 1.82) is 0 Å². The number of benzene rings is 2. The largest absolute Gasteiger partial charge is 0.416 e. The van der Waals surface area contributed by atoms with Crippen molar-refractivity contribution in [2.24, 2.45) is 0 Å². The minimum atomic E-state index is -4.55. The first-order valence-corrected chi connectivity index (χ1v) is 11.5. The Balaban J connectivity index is 1.68. The Bertz CT molecular complexity index is 1230. The molecule has 1 aliphatic heterocycles. The van der Waals surface area contributed by atoms with E-state index in [4.69, 9.17) is 0 Å². The molecule has 1 aliphatic rings. The number of alkyl halides is 3. The van der Waals surface area contributed by atoms with Gasteiger partial charge in [-0.05, 0) is 30.5 Å². The maximum absolute atomic E-state index is 13.1. The van der Waals surface area contributed by atoms with Gasteiger partial charge in [0.2, 0.25) is 5.91 Å². The van der Waals surface area contributed by atoms with E-state index in [1.54, 1.807) is 33.7 Å². The quantitative estimate of drug-likeness (QED) is 0.584. The highest BCUT2D eigenvalue weighted by atomic mass is 32.2. The van der Waals surface area contributed by atoms with E-state index in [-0.39, 0.29) is 22.9 Å². The highest BCUT2D eigenvalue weighted by Gasteiger charge is 2.31. The summed E-state index contributed by atoms with van der Waals surface area (Å²) in [6, 6.07) is 11.1. The Kier molecular flexibility index (Phi) is 5.55. The molecule has 2 aromatic carbocycles. The number of likely N-dealkylation sites (tertiary alicyclic amines) is 1. The standard InChI is InChI=1S/C22H21F3N2O3S/c23-22(24,25)17-7-5-6-16(12-17)15-31(29,30)20-13-27(19-9-2-1-8-18(19)20)14-21(28)26-10-3-4-11-26/h1-2,5-9,12-13H,3-4,10-11,14-15H2. The molecule has 2 heterocycles. The van der Waals surface area contributed by atoms with Crippen LogP contribution in [0, 0.1) is 0 Å². The van der Waals surface area contributed by atoms with Gasteiger partial charge in [0.15, 0.2) is 9.84 Å². The summed E-state index contributed by atoms with van der Waals surface area (Å²) in [7, 11) is -3.95. The van der Waals surface area contributed by atoms with Gasteiger partial charge in [0.1, 0.15) is 6.54 Å². The number of hydrogen-bond donors (Lipinski definition) is 0. The molecule has 0 radical (unpaired) electrons. The Morgan fingerprint density at radius 2 is 1.71 bits per heavy atom. The van der Waals surface area contributed by atoms with E-state index < -0.39 is 27.3 Å². The van der Waals surface area contributed by atoms with Crippen LogP contribution in [-0.4, -0.2) is 36.9 Å². The number of carbonyl (C=O) groups is 1. The van der Waals surface area contributed by atoms with Crippen molar-refractivity contribution in [3.05, 3.63) is 65.9 Å². The third-order valence-corrected chi connectivity index (χ3v) is 7.17.